The van der Waals surface area contributed by atoms with Crippen molar-refractivity contribution in [1.82, 2.24) is 0 Å². The molecule has 0 unspecified atom stereocenters. The predicted octanol–water partition coefficient (Wildman–Crippen LogP) is 7.92. The SMILES string of the molecule is Cc1c(NS(C)(=O)=O)cccc1N(Cc1ccc(Oc2cccc(OCCc3ccsc3)c2)cc1)Cc1ccccc1C#N. The third kappa shape index (κ3) is 8.40. The van der Waals surface area contributed by atoms with Crippen LogP contribution in [-0.4, -0.2) is 21.3 Å². The molecule has 4 aromatic carbocycles. The Morgan fingerprint density at radius 3 is 2.39 bits per heavy atom. The molecule has 0 saturated carbocycles. The van der Waals surface area contributed by atoms with Crippen LogP contribution in [0.2, 0.25) is 0 Å². The van der Waals surface area contributed by atoms with Gasteiger partial charge in [0.15, 0.2) is 0 Å². The summed E-state index contributed by atoms with van der Waals surface area (Å²) in [5.74, 6) is 2.14. The van der Waals surface area contributed by atoms with Crippen molar-refractivity contribution in [1.29, 1.82) is 5.26 Å². The molecule has 0 aliphatic carbocycles. The highest BCUT2D eigenvalue weighted by Crippen LogP contribution is 2.31. The van der Waals surface area contributed by atoms with Crippen molar-refractivity contribution < 1.29 is 17.9 Å². The van der Waals surface area contributed by atoms with Crippen LogP contribution >= 0.6 is 11.3 Å². The number of thiophene rings is 1. The Balaban J connectivity index is 1.32. The van der Waals surface area contributed by atoms with E-state index >= 15 is 0 Å². The summed E-state index contributed by atoms with van der Waals surface area (Å²) >= 11 is 1.68. The van der Waals surface area contributed by atoms with Gasteiger partial charge in [0.2, 0.25) is 10.0 Å². The molecule has 0 spiro atoms. The Morgan fingerprint density at radius 2 is 1.64 bits per heavy atom. The van der Waals surface area contributed by atoms with Gasteiger partial charge in [-0.15, -0.1) is 0 Å². The zero-order valence-electron chi connectivity index (χ0n) is 24.6. The van der Waals surface area contributed by atoms with Gasteiger partial charge in [-0.05, 0) is 88.5 Å². The smallest absolute Gasteiger partial charge is 0.229 e. The third-order valence-corrected chi connectivity index (χ3v) is 8.34. The topological polar surface area (TPSA) is 91.7 Å². The maximum absolute atomic E-state index is 12.0. The van der Waals surface area contributed by atoms with Crippen LogP contribution in [0.25, 0.3) is 0 Å². The number of benzene rings is 4. The van der Waals surface area contributed by atoms with Gasteiger partial charge in [0, 0.05) is 31.3 Å². The third-order valence-electron chi connectivity index (χ3n) is 7.02. The number of ether oxygens (including phenoxy) is 2. The number of nitrogens with zero attached hydrogens (tertiary/aromatic N) is 2. The molecule has 44 heavy (non-hydrogen) atoms. The van der Waals surface area contributed by atoms with E-state index in [-0.39, 0.29) is 0 Å². The maximum Gasteiger partial charge on any atom is 0.229 e. The second kappa shape index (κ2) is 14.1. The van der Waals surface area contributed by atoms with E-state index in [0.717, 1.165) is 40.8 Å². The van der Waals surface area contributed by atoms with Gasteiger partial charge in [0.05, 0.1) is 30.2 Å². The number of hydrogen-bond acceptors (Lipinski definition) is 7. The molecule has 0 amide bonds. The lowest BCUT2D eigenvalue weighted by molar-refractivity contribution is 0.320. The number of hydrogen-bond donors (Lipinski definition) is 1. The van der Waals surface area contributed by atoms with Crippen LogP contribution in [0.3, 0.4) is 0 Å². The van der Waals surface area contributed by atoms with Gasteiger partial charge in [0.1, 0.15) is 17.2 Å². The second-order valence-corrected chi connectivity index (χ2v) is 12.9. The predicted molar refractivity (Wildman–Crippen MR) is 177 cm³/mol. The molecular formula is C35H33N3O4S2. The summed E-state index contributed by atoms with van der Waals surface area (Å²) in [6.07, 6.45) is 1.99. The Kier molecular flexibility index (Phi) is 9.85. The van der Waals surface area contributed by atoms with E-state index in [1.54, 1.807) is 23.5 Å². The Hall–Kier alpha value is -4.78. The number of anilines is 2. The van der Waals surface area contributed by atoms with E-state index in [0.29, 0.717) is 42.4 Å². The van der Waals surface area contributed by atoms with Gasteiger partial charge in [-0.3, -0.25) is 4.72 Å². The van der Waals surface area contributed by atoms with Crippen molar-refractivity contribution in [3.63, 3.8) is 0 Å². The van der Waals surface area contributed by atoms with Gasteiger partial charge >= 0.3 is 0 Å². The minimum Gasteiger partial charge on any atom is -0.493 e. The average molecular weight is 624 g/mol. The van der Waals surface area contributed by atoms with Crippen molar-refractivity contribution in [2.75, 3.05) is 22.5 Å². The summed E-state index contributed by atoms with van der Waals surface area (Å²) in [4.78, 5) is 2.14. The molecule has 1 N–H and O–H groups in total. The number of nitrogens with one attached hydrogen (secondary N) is 1. The quantitative estimate of drug-likeness (QED) is 0.143. The number of rotatable bonds is 13. The first kappa shape index (κ1) is 30.7. The fourth-order valence-corrected chi connectivity index (χ4v) is 6.17. The van der Waals surface area contributed by atoms with Crippen LogP contribution < -0.4 is 19.1 Å². The van der Waals surface area contributed by atoms with Gasteiger partial charge in [-0.2, -0.15) is 16.6 Å². The lowest BCUT2D eigenvalue weighted by Crippen LogP contribution is -2.24. The first-order valence-corrected chi connectivity index (χ1v) is 16.9. The first-order chi connectivity index (χ1) is 21.3. The molecule has 0 fully saturated rings. The largest absolute Gasteiger partial charge is 0.493 e. The highest BCUT2D eigenvalue weighted by atomic mass is 32.2. The minimum absolute atomic E-state index is 0.463. The van der Waals surface area contributed by atoms with Gasteiger partial charge < -0.3 is 14.4 Å². The monoisotopic (exact) mass is 623 g/mol. The summed E-state index contributed by atoms with van der Waals surface area (Å²) in [6.45, 7) is 3.47. The summed E-state index contributed by atoms with van der Waals surface area (Å²) in [6, 6.07) is 32.9. The van der Waals surface area contributed by atoms with Crippen LogP contribution in [0.1, 0.15) is 27.8 Å². The highest BCUT2D eigenvalue weighted by Gasteiger charge is 2.16. The van der Waals surface area contributed by atoms with E-state index in [1.807, 2.05) is 85.8 Å². The standard InChI is InChI=1S/C35H33N3O4S2/c1-26-34(37-44(2,39)40)11-6-12-35(26)38(24-30-8-4-3-7-29(30)22-36)23-27-13-15-31(16-14-27)42-33-10-5-9-32(21-33)41-19-17-28-18-20-43-25-28/h3-16,18,20-21,25,37H,17,19,23-24H2,1-2H3. The summed E-state index contributed by atoms with van der Waals surface area (Å²) in [5.41, 5.74) is 5.95. The molecule has 7 nitrogen and oxygen atoms in total. The molecule has 1 heterocycles. The van der Waals surface area contributed by atoms with Crippen LogP contribution in [0.15, 0.2) is 108 Å². The van der Waals surface area contributed by atoms with Gasteiger partial charge in [-0.25, -0.2) is 8.42 Å². The van der Waals surface area contributed by atoms with E-state index in [4.69, 9.17) is 9.47 Å². The molecule has 0 radical (unpaired) electrons. The van der Waals surface area contributed by atoms with E-state index in [2.05, 4.69) is 32.5 Å². The van der Waals surface area contributed by atoms with E-state index < -0.39 is 10.0 Å². The van der Waals surface area contributed by atoms with E-state index in [9.17, 15) is 13.7 Å². The average Bonchev–Trinajstić information content (AvgIpc) is 3.52. The summed E-state index contributed by atoms with van der Waals surface area (Å²) in [7, 11) is -3.45. The van der Waals surface area contributed by atoms with Crippen LogP contribution in [-0.2, 0) is 29.5 Å². The molecule has 0 aliphatic heterocycles. The van der Waals surface area contributed by atoms with Gasteiger partial charge in [0.25, 0.3) is 0 Å². The minimum atomic E-state index is -3.45. The van der Waals surface area contributed by atoms with Crippen LogP contribution in [0, 0.1) is 18.3 Å². The fourth-order valence-electron chi connectivity index (χ4n) is 4.84. The second-order valence-electron chi connectivity index (χ2n) is 10.4. The van der Waals surface area contributed by atoms with E-state index in [1.165, 1.54) is 5.56 Å². The normalized spacial score (nSPS) is 11.0. The first-order valence-electron chi connectivity index (χ1n) is 14.1. The number of sulfonamides is 1. The molecule has 224 valence electrons. The molecule has 9 heteroatoms. The van der Waals surface area contributed by atoms with Crippen LogP contribution in [0.5, 0.6) is 17.2 Å². The lowest BCUT2D eigenvalue weighted by Gasteiger charge is -2.28. The van der Waals surface area contributed by atoms with Crippen molar-refractivity contribution >= 4 is 32.7 Å². The fraction of sp³-hybridized carbons (Fsp3) is 0.171. The Morgan fingerprint density at radius 1 is 0.864 bits per heavy atom. The molecule has 5 rings (SSSR count). The van der Waals surface area contributed by atoms with Crippen molar-refractivity contribution in [2.24, 2.45) is 0 Å². The number of nitriles is 1. The van der Waals surface area contributed by atoms with Crippen molar-refractivity contribution in [3.8, 4) is 23.3 Å². The molecule has 0 saturated heterocycles. The van der Waals surface area contributed by atoms with Gasteiger partial charge in [-0.1, -0.05) is 42.5 Å². The maximum atomic E-state index is 12.0. The Bertz CT molecular complexity index is 1850. The van der Waals surface area contributed by atoms with Crippen molar-refractivity contribution in [3.05, 3.63) is 136 Å². The zero-order valence-corrected chi connectivity index (χ0v) is 26.2. The van der Waals surface area contributed by atoms with Crippen molar-refractivity contribution in [2.45, 2.75) is 26.4 Å². The summed E-state index contributed by atoms with van der Waals surface area (Å²) < 4.78 is 38.7. The lowest BCUT2D eigenvalue weighted by atomic mass is 10.1. The Labute approximate surface area is 263 Å². The zero-order chi connectivity index (χ0) is 30.9. The molecule has 5 aromatic rings. The molecule has 0 atom stereocenters. The highest BCUT2D eigenvalue weighted by molar-refractivity contribution is 7.92. The molecular weight excluding hydrogens is 591 g/mol. The van der Waals surface area contributed by atoms with Crippen LogP contribution in [0.4, 0.5) is 11.4 Å². The summed E-state index contributed by atoms with van der Waals surface area (Å²) in [5, 5.41) is 13.9. The molecule has 0 bridgehead atoms. The molecule has 1 aromatic heterocycles. The molecule has 0 aliphatic rings.